The van der Waals surface area contributed by atoms with Crippen molar-refractivity contribution in [2.75, 3.05) is 11.4 Å². The highest BCUT2D eigenvalue weighted by Gasteiger charge is 2.30. The quantitative estimate of drug-likeness (QED) is 0.624. The highest BCUT2D eigenvalue weighted by Crippen LogP contribution is 2.30. The molecule has 1 aliphatic heterocycles. The number of pyridine rings is 1. The van der Waals surface area contributed by atoms with Gasteiger partial charge in [-0.05, 0) is 49.8 Å². The molecular formula is C22H24N6O2. The maximum atomic E-state index is 13.0. The maximum absolute atomic E-state index is 13.0. The molecule has 3 aromatic heterocycles. The first-order chi connectivity index (χ1) is 14.7. The largest absolute Gasteiger partial charge is 0.347 e. The Hall–Kier alpha value is -3.29. The van der Waals surface area contributed by atoms with Crippen molar-refractivity contribution in [2.45, 2.75) is 44.8 Å². The van der Waals surface area contributed by atoms with Gasteiger partial charge in [0.1, 0.15) is 0 Å². The Morgan fingerprint density at radius 3 is 2.60 bits per heavy atom. The zero-order chi connectivity index (χ0) is 20.5. The van der Waals surface area contributed by atoms with Crippen molar-refractivity contribution in [3.63, 3.8) is 0 Å². The minimum atomic E-state index is -0.146. The monoisotopic (exact) mass is 404 g/mol. The van der Waals surface area contributed by atoms with E-state index >= 15 is 0 Å². The molecule has 0 bridgehead atoms. The molecule has 4 heterocycles. The van der Waals surface area contributed by atoms with Crippen LogP contribution in [0.15, 0.2) is 58.6 Å². The topological polar surface area (TPSA) is 85.9 Å². The summed E-state index contributed by atoms with van der Waals surface area (Å²) in [5.74, 6) is 1.10. The Morgan fingerprint density at radius 2 is 1.80 bits per heavy atom. The minimum absolute atomic E-state index is 0.0138. The van der Waals surface area contributed by atoms with Crippen molar-refractivity contribution in [3.05, 3.63) is 69.8 Å². The molecule has 8 nitrogen and oxygen atoms in total. The van der Waals surface area contributed by atoms with Crippen LogP contribution in [0.4, 0.5) is 5.82 Å². The van der Waals surface area contributed by atoms with Gasteiger partial charge in [0.2, 0.25) is 0 Å². The van der Waals surface area contributed by atoms with Gasteiger partial charge in [-0.25, -0.2) is 9.67 Å². The Balaban J connectivity index is 1.41. The summed E-state index contributed by atoms with van der Waals surface area (Å²) in [7, 11) is 0. The molecule has 5 rings (SSSR count). The lowest BCUT2D eigenvalue weighted by atomic mass is 10.2. The van der Waals surface area contributed by atoms with Gasteiger partial charge in [0, 0.05) is 49.5 Å². The van der Waals surface area contributed by atoms with Crippen molar-refractivity contribution < 1.29 is 0 Å². The second-order valence-electron chi connectivity index (χ2n) is 8.12. The van der Waals surface area contributed by atoms with Crippen molar-refractivity contribution in [3.8, 4) is 11.3 Å². The highest BCUT2D eigenvalue weighted by molar-refractivity contribution is 5.57. The summed E-state index contributed by atoms with van der Waals surface area (Å²) >= 11 is 0. The predicted octanol–water partition coefficient (Wildman–Crippen LogP) is 1.94. The van der Waals surface area contributed by atoms with Crippen LogP contribution in [0.5, 0.6) is 0 Å². The molecule has 0 N–H and O–H groups in total. The molecule has 1 saturated heterocycles. The SMILES string of the molecule is O=c1c(N2CCCC2Cn2nc(-c3ccncc3)ccc2=O)nccn1CC1CC1. The van der Waals surface area contributed by atoms with Crippen LogP contribution < -0.4 is 16.0 Å². The van der Waals surface area contributed by atoms with Gasteiger partial charge in [-0.2, -0.15) is 5.10 Å². The van der Waals surface area contributed by atoms with Crippen molar-refractivity contribution in [2.24, 2.45) is 5.92 Å². The van der Waals surface area contributed by atoms with E-state index < -0.39 is 0 Å². The Morgan fingerprint density at radius 1 is 0.967 bits per heavy atom. The highest BCUT2D eigenvalue weighted by atomic mass is 16.1. The third-order valence-electron chi connectivity index (χ3n) is 5.92. The summed E-state index contributed by atoms with van der Waals surface area (Å²) in [4.78, 5) is 36.0. The maximum Gasteiger partial charge on any atom is 0.293 e. The molecule has 1 saturated carbocycles. The standard InChI is InChI=1S/C22H24N6O2/c29-20-6-5-19(17-7-9-23-10-8-17)25-28(20)15-18-2-1-12-27(18)21-22(30)26(13-11-24-21)14-16-3-4-16/h5-11,13,16,18H,1-4,12,14-15H2. The number of hydrogen-bond acceptors (Lipinski definition) is 6. The van der Waals surface area contributed by atoms with E-state index in [0.717, 1.165) is 37.2 Å². The fraction of sp³-hybridized carbons (Fsp3) is 0.409. The number of nitrogens with zero attached hydrogens (tertiary/aromatic N) is 6. The van der Waals surface area contributed by atoms with E-state index in [9.17, 15) is 9.59 Å². The number of hydrogen-bond donors (Lipinski definition) is 0. The Kier molecular flexibility index (Phi) is 4.90. The van der Waals surface area contributed by atoms with Crippen LogP contribution >= 0.6 is 0 Å². The molecule has 0 radical (unpaired) electrons. The summed E-state index contributed by atoms with van der Waals surface area (Å²) in [6.45, 7) is 1.96. The second-order valence-corrected chi connectivity index (χ2v) is 8.12. The van der Waals surface area contributed by atoms with E-state index in [2.05, 4.69) is 20.0 Å². The molecule has 1 unspecified atom stereocenters. The third-order valence-corrected chi connectivity index (χ3v) is 5.92. The number of rotatable bonds is 6. The third kappa shape index (κ3) is 3.77. The summed E-state index contributed by atoms with van der Waals surface area (Å²) in [6.07, 6.45) is 11.1. The molecular weight excluding hydrogens is 380 g/mol. The van der Waals surface area contributed by atoms with E-state index in [-0.39, 0.29) is 17.2 Å². The number of anilines is 1. The van der Waals surface area contributed by atoms with Crippen molar-refractivity contribution in [1.82, 2.24) is 24.3 Å². The lowest BCUT2D eigenvalue weighted by molar-refractivity contribution is 0.486. The summed E-state index contributed by atoms with van der Waals surface area (Å²) < 4.78 is 3.29. The lowest BCUT2D eigenvalue weighted by Crippen LogP contribution is -2.41. The summed E-state index contributed by atoms with van der Waals surface area (Å²) in [6, 6.07) is 7.03. The van der Waals surface area contributed by atoms with Crippen LogP contribution in [0, 0.1) is 5.92 Å². The fourth-order valence-electron chi connectivity index (χ4n) is 4.12. The first-order valence-electron chi connectivity index (χ1n) is 10.5. The molecule has 0 aromatic carbocycles. The Bertz CT molecular complexity index is 1150. The molecule has 3 aromatic rings. The first-order valence-corrected chi connectivity index (χ1v) is 10.5. The van der Waals surface area contributed by atoms with Gasteiger partial charge in [-0.15, -0.1) is 0 Å². The molecule has 0 amide bonds. The normalized spacial score (nSPS) is 18.7. The molecule has 154 valence electrons. The van der Waals surface area contributed by atoms with E-state index in [1.807, 2.05) is 12.1 Å². The van der Waals surface area contributed by atoms with Gasteiger partial charge < -0.3 is 9.47 Å². The van der Waals surface area contributed by atoms with E-state index in [1.54, 1.807) is 41.5 Å². The van der Waals surface area contributed by atoms with Crippen LogP contribution in [0.1, 0.15) is 25.7 Å². The van der Waals surface area contributed by atoms with Gasteiger partial charge >= 0.3 is 0 Å². The fourth-order valence-corrected chi connectivity index (χ4v) is 4.12. The second kappa shape index (κ2) is 7.85. The van der Waals surface area contributed by atoms with Crippen LogP contribution in [-0.4, -0.2) is 36.9 Å². The van der Waals surface area contributed by atoms with Gasteiger partial charge in [-0.1, -0.05) is 0 Å². The summed E-state index contributed by atoms with van der Waals surface area (Å²) in [5.41, 5.74) is 1.45. The smallest absolute Gasteiger partial charge is 0.293 e. The zero-order valence-electron chi connectivity index (χ0n) is 16.7. The van der Waals surface area contributed by atoms with E-state index in [0.29, 0.717) is 18.3 Å². The average Bonchev–Trinajstić information content (AvgIpc) is 3.47. The van der Waals surface area contributed by atoms with Gasteiger partial charge in [0.15, 0.2) is 5.82 Å². The van der Waals surface area contributed by atoms with Crippen LogP contribution in [0.2, 0.25) is 0 Å². The molecule has 8 heteroatoms. The molecule has 1 aliphatic carbocycles. The molecule has 2 aliphatic rings. The predicted molar refractivity (Wildman–Crippen MR) is 113 cm³/mol. The van der Waals surface area contributed by atoms with Gasteiger partial charge in [0.25, 0.3) is 11.1 Å². The van der Waals surface area contributed by atoms with E-state index in [1.165, 1.54) is 17.5 Å². The van der Waals surface area contributed by atoms with Crippen LogP contribution in [-0.2, 0) is 13.1 Å². The van der Waals surface area contributed by atoms with Crippen LogP contribution in [0.25, 0.3) is 11.3 Å². The average molecular weight is 404 g/mol. The zero-order valence-corrected chi connectivity index (χ0v) is 16.7. The van der Waals surface area contributed by atoms with Gasteiger partial charge in [0.05, 0.1) is 18.3 Å². The lowest BCUT2D eigenvalue weighted by Gasteiger charge is -2.25. The Labute approximate surface area is 173 Å². The molecule has 2 fully saturated rings. The van der Waals surface area contributed by atoms with Crippen molar-refractivity contribution >= 4 is 5.82 Å². The summed E-state index contributed by atoms with van der Waals surface area (Å²) in [5, 5.41) is 4.57. The first kappa shape index (κ1) is 18.7. The minimum Gasteiger partial charge on any atom is -0.347 e. The number of aromatic nitrogens is 5. The van der Waals surface area contributed by atoms with Crippen molar-refractivity contribution in [1.29, 1.82) is 0 Å². The van der Waals surface area contributed by atoms with Crippen LogP contribution in [0.3, 0.4) is 0 Å². The molecule has 30 heavy (non-hydrogen) atoms. The molecule has 0 spiro atoms. The molecule has 1 atom stereocenters. The van der Waals surface area contributed by atoms with Gasteiger partial charge in [-0.3, -0.25) is 14.6 Å². The van der Waals surface area contributed by atoms with E-state index in [4.69, 9.17) is 0 Å².